The number of thiazole rings is 1. The first-order valence-corrected chi connectivity index (χ1v) is 10.7. The average Bonchev–Trinajstić information content (AvgIpc) is 3.03. The summed E-state index contributed by atoms with van der Waals surface area (Å²) < 4.78 is 25.3. The Morgan fingerprint density at radius 3 is 2.88 bits per heavy atom. The minimum atomic E-state index is -3.16. The van der Waals surface area contributed by atoms with Crippen molar-refractivity contribution in [2.45, 2.75) is 31.8 Å². The molecule has 0 spiro atoms. The van der Waals surface area contributed by atoms with Crippen LogP contribution in [0.5, 0.6) is 0 Å². The van der Waals surface area contributed by atoms with Crippen LogP contribution >= 0.6 is 11.3 Å². The molecule has 1 N–H and O–H groups in total. The lowest BCUT2D eigenvalue weighted by molar-refractivity contribution is 0.140. The maximum atomic E-state index is 11.3. The molecule has 0 radical (unpaired) electrons. The standard InChI is InChI=1S/C15H21N5O2S2/c1-24(21,22)18-9-13-5-2-3-8-20(13)10-12-11-23-15(19-12)14-16-6-4-7-17-14/h4,6-7,11,13,18H,2-3,5,8-10H2,1H3. The second-order valence-electron chi connectivity index (χ2n) is 5.96. The molecular weight excluding hydrogens is 346 g/mol. The number of likely N-dealkylation sites (tertiary alicyclic amines) is 1. The monoisotopic (exact) mass is 367 g/mol. The average molecular weight is 368 g/mol. The molecule has 0 saturated carbocycles. The SMILES string of the molecule is CS(=O)(=O)NCC1CCCCN1Cc1csc(-c2ncccn2)n1. The predicted molar refractivity (Wildman–Crippen MR) is 94.0 cm³/mol. The lowest BCUT2D eigenvalue weighted by Gasteiger charge is -2.35. The highest BCUT2D eigenvalue weighted by molar-refractivity contribution is 7.88. The van der Waals surface area contributed by atoms with Crippen molar-refractivity contribution in [3.8, 4) is 10.8 Å². The van der Waals surface area contributed by atoms with Gasteiger partial charge in [0.05, 0.1) is 11.9 Å². The highest BCUT2D eigenvalue weighted by Gasteiger charge is 2.24. The molecule has 24 heavy (non-hydrogen) atoms. The Morgan fingerprint density at radius 1 is 1.33 bits per heavy atom. The molecule has 0 bridgehead atoms. The summed E-state index contributed by atoms with van der Waals surface area (Å²) in [5.74, 6) is 0.641. The van der Waals surface area contributed by atoms with E-state index in [-0.39, 0.29) is 6.04 Å². The summed E-state index contributed by atoms with van der Waals surface area (Å²) in [5.41, 5.74) is 0.980. The molecule has 0 aliphatic carbocycles. The molecule has 1 atom stereocenters. The molecule has 0 aromatic carbocycles. The van der Waals surface area contributed by atoms with Gasteiger partial charge in [-0.05, 0) is 25.5 Å². The molecule has 2 aromatic rings. The minimum absolute atomic E-state index is 0.214. The van der Waals surface area contributed by atoms with E-state index in [9.17, 15) is 8.42 Å². The zero-order valence-electron chi connectivity index (χ0n) is 13.6. The molecule has 1 unspecified atom stereocenters. The van der Waals surface area contributed by atoms with E-state index >= 15 is 0 Å². The van der Waals surface area contributed by atoms with Crippen LogP contribution in [-0.2, 0) is 16.6 Å². The largest absolute Gasteiger partial charge is 0.293 e. The van der Waals surface area contributed by atoms with Crippen LogP contribution in [-0.4, -0.2) is 53.7 Å². The molecule has 0 amide bonds. The lowest BCUT2D eigenvalue weighted by Crippen LogP contribution is -2.46. The second-order valence-corrected chi connectivity index (χ2v) is 8.65. The topological polar surface area (TPSA) is 88.1 Å². The third kappa shape index (κ3) is 4.79. The molecule has 1 aliphatic rings. The van der Waals surface area contributed by atoms with Gasteiger partial charge in [0.25, 0.3) is 0 Å². The van der Waals surface area contributed by atoms with Crippen LogP contribution in [0.1, 0.15) is 25.0 Å². The zero-order chi connectivity index (χ0) is 17.0. The maximum absolute atomic E-state index is 11.3. The summed E-state index contributed by atoms with van der Waals surface area (Å²) in [6.45, 7) is 2.14. The van der Waals surface area contributed by atoms with Gasteiger partial charge in [0.2, 0.25) is 10.0 Å². The van der Waals surface area contributed by atoms with Crippen LogP contribution in [0.2, 0.25) is 0 Å². The molecule has 3 rings (SSSR count). The van der Waals surface area contributed by atoms with Gasteiger partial charge in [-0.15, -0.1) is 11.3 Å². The van der Waals surface area contributed by atoms with E-state index in [2.05, 4.69) is 24.6 Å². The Kier molecular flexibility index (Phi) is 5.54. The zero-order valence-corrected chi connectivity index (χ0v) is 15.2. The van der Waals surface area contributed by atoms with E-state index in [1.54, 1.807) is 18.5 Å². The number of nitrogens with one attached hydrogen (secondary N) is 1. The number of nitrogens with zero attached hydrogens (tertiary/aromatic N) is 4. The van der Waals surface area contributed by atoms with E-state index in [0.717, 1.165) is 43.1 Å². The fourth-order valence-electron chi connectivity index (χ4n) is 2.85. The minimum Gasteiger partial charge on any atom is -0.293 e. The van der Waals surface area contributed by atoms with Crippen LogP contribution < -0.4 is 4.72 Å². The molecule has 9 heteroatoms. The van der Waals surface area contributed by atoms with Gasteiger partial charge in [-0.2, -0.15) is 0 Å². The van der Waals surface area contributed by atoms with E-state index < -0.39 is 10.0 Å². The van der Waals surface area contributed by atoms with Gasteiger partial charge in [-0.25, -0.2) is 28.1 Å². The Bertz CT molecular complexity index is 763. The van der Waals surface area contributed by atoms with Gasteiger partial charge in [-0.1, -0.05) is 6.42 Å². The summed E-state index contributed by atoms with van der Waals surface area (Å²) in [6.07, 6.45) is 7.89. The first kappa shape index (κ1) is 17.4. The van der Waals surface area contributed by atoms with Crippen LogP contribution in [0.25, 0.3) is 10.8 Å². The van der Waals surface area contributed by atoms with Crippen molar-refractivity contribution in [2.24, 2.45) is 0 Å². The summed E-state index contributed by atoms with van der Waals surface area (Å²) in [5, 5.41) is 2.84. The Hall–Kier alpha value is -1.42. The van der Waals surface area contributed by atoms with Crippen molar-refractivity contribution in [1.29, 1.82) is 0 Å². The fraction of sp³-hybridized carbons (Fsp3) is 0.533. The Balaban J connectivity index is 1.66. The Labute approximate surface area is 146 Å². The number of sulfonamides is 1. The van der Waals surface area contributed by atoms with Gasteiger partial charge < -0.3 is 0 Å². The van der Waals surface area contributed by atoms with Gasteiger partial charge >= 0.3 is 0 Å². The molecule has 2 aromatic heterocycles. The van der Waals surface area contributed by atoms with Gasteiger partial charge in [0.1, 0.15) is 0 Å². The molecule has 1 saturated heterocycles. The summed E-state index contributed by atoms with van der Waals surface area (Å²) >= 11 is 1.54. The van der Waals surface area contributed by atoms with Crippen molar-refractivity contribution in [3.63, 3.8) is 0 Å². The first-order chi connectivity index (χ1) is 11.5. The molecule has 3 heterocycles. The molecular formula is C15H21N5O2S2. The van der Waals surface area contributed by atoms with Gasteiger partial charge in [0, 0.05) is 36.9 Å². The third-order valence-corrected chi connectivity index (χ3v) is 5.58. The lowest BCUT2D eigenvalue weighted by atomic mass is 10.0. The predicted octanol–water partition coefficient (Wildman–Crippen LogP) is 1.50. The quantitative estimate of drug-likeness (QED) is 0.832. The van der Waals surface area contributed by atoms with Crippen molar-refractivity contribution in [3.05, 3.63) is 29.5 Å². The number of hydrogen-bond donors (Lipinski definition) is 1. The van der Waals surface area contributed by atoms with Crippen LogP contribution in [0, 0.1) is 0 Å². The van der Waals surface area contributed by atoms with Crippen LogP contribution in [0.15, 0.2) is 23.8 Å². The van der Waals surface area contributed by atoms with Crippen LogP contribution in [0.3, 0.4) is 0 Å². The summed E-state index contributed by atoms with van der Waals surface area (Å²) in [7, 11) is -3.16. The highest BCUT2D eigenvalue weighted by Crippen LogP contribution is 2.23. The molecule has 1 fully saturated rings. The number of hydrogen-bond acceptors (Lipinski definition) is 7. The number of piperidine rings is 1. The number of aromatic nitrogens is 3. The fourth-order valence-corrected chi connectivity index (χ4v) is 4.10. The second kappa shape index (κ2) is 7.64. The van der Waals surface area contributed by atoms with E-state index in [1.165, 1.54) is 17.6 Å². The maximum Gasteiger partial charge on any atom is 0.208 e. The van der Waals surface area contributed by atoms with E-state index in [1.807, 2.05) is 5.38 Å². The number of rotatable bonds is 6. The van der Waals surface area contributed by atoms with Gasteiger partial charge in [-0.3, -0.25) is 4.90 Å². The molecule has 7 nitrogen and oxygen atoms in total. The first-order valence-electron chi connectivity index (χ1n) is 7.92. The Morgan fingerprint density at radius 2 is 2.12 bits per heavy atom. The van der Waals surface area contributed by atoms with Gasteiger partial charge in [0.15, 0.2) is 10.8 Å². The smallest absolute Gasteiger partial charge is 0.208 e. The summed E-state index contributed by atoms with van der Waals surface area (Å²) in [4.78, 5) is 15.4. The van der Waals surface area contributed by atoms with Crippen molar-refractivity contribution < 1.29 is 8.42 Å². The summed E-state index contributed by atoms with van der Waals surface area (Å²) in [6, 6.07) is 2.00. The molecule has 130 valence electrons. The molecule has 1 aliphatic heterocycles. The third-order valence-electron chi connectivity index (χ3n) is 4.00. The highest BCUT2D eigenvalue weighted by atomic mass is 32.2. The van der Waals surface area contributed by atoms with E-state index in [4.69, 9.17) is 0 Å². The van der Waals surface area contributed by atoms with Crippen molar-refractivity contribution in [2.75, 3.05) is 19.3 Å². The van der Waals surface area contributed by atoms with E-state index in [0.29, 0.717) is 12.4 Å². The van der Waals surface area contributed by atoms with Crippen molar-refractivity contribution >= 4 is 21.4 Å². The normalized spacial score (nSPS) is 19.5. The van der Waals surface area contributed by atoms with Crippen LogP contribution in [0.4, 0.5) is 0 Å². The van der Waals surface area contributed by atoms with Crippen molar-refractivity contribution in [1.82, 2.24) is 24.6 Å².